The van der Waals surface area contributed by atoms with Gasteiger partial charge in [0.2, 0.25) is 0 Å². The highest BCUT2D eigenvalue weighted by atomic mass is 35.5. The standard InChI is InChI=1S/C14H16ClNO/c15-11-7-3-6-10-8-12(17-14(10)11)13(16)9-4-1-2-5-9/h3,6-9,13H,1-2,4-5,16H2. The van der Waals surface area contributed by atoms with Crippen LogP contribution in [0.25, 0.3) is 11.0 Å². The molecule has 3 heteroatoms. The zero-order valence-corrected chi connectivity index (χ0v) is 10.4. The molecule has 90 valence electrons. The zero-order valence-electron chi connectivity index (χ0n) is 9.66. The number of nitrogens with two attached hydrogens (primary N) is 1. The molecule has 0 amide bonds. The molecule has 1 atom stereocenters. The Morgan fingerprint density at radius 3 is 2.76 bits per heavy atom. The van der Waals surface area contributed by atoms with Gasteiger partial charge in [-0.1, -0.05) is 36.6 Å². The van der Waals surface area contributed by atoms with E-state index in [0.717, 1.165) is 16.7 Å². The number of para-hydroxylation sites is 1. The normalized spacial score (nSPS) is 18.9. The second-order valence-corrected chi connectivity index (χ2v) is 5.28. The van der Waals surface area contributed by atoms with Crippen molar-refractivity contribution >= 4 is 22.6 Å². The molecule has 0 aliphatic heterocycles. The molecular formula is C14H16ClNO. The monoisotopic (exact) mass is 249 g/mol. The van der Waals surface area contributed by atoms with Crippen molar-refractivity contribution in [3.63, 3.8) is 0 Å². The molecule has 3 rings (SSSR count). The van der Waals surface area contributed by atoms with Crippen molar-refractivity contribution in [2.24, 2.45) is 11.7 Å². The predicted octanol–water partition coefficient (Wildman–Crippen LogP) is 4.28. The number of furan rings is 1. The molecule has 0 saturated heterocycles. The van der Waals surface area contributed by atoms with E-state index in [1.807, 2.05) is 24.3 Å². The van der Waals surface area contributed by atoms with Gasteiger partial charge in [-0.15, -0.1) is 0 Å². The first-order valence-electron chi connectivity index (χ1n) is 6.19. The molecule has 1 aliphatic carbocycles. The summed E-state index contributed by atoms with van der Waals surface area (Å²) in [6.45, 7) is 0. The molecule has 2 N–H and O–H groups in total. The first kappa shape index (κ1) is 11.1. The highest BCUT2D eigenvalue weighted by molar-refractivity contribution is 6.34. The Bertz CT molecular complexity index is 528. The molecule has 0 radical (unpaired) electrons. The van der Waals surface area contributed by atoms with Crippen molar-refractivity contribution < 1.29 is 4.42 Å². The van der Waals surface area contributed by atoms with Crippen LogP contribution in [-0.2, 0) is 0 Å². The van der Waals surface area contributed by atoms with Gasteiger partial charge in [-0.3, -0.25) is 0 Å². The Kier molecular flexibility index (Phi) is 2.85. The van der Waals surface area contributed by atoms with E-state index in [-0.39, 0.29) is 6.04 Å². The number of hydrogen-bond acceptors (Lipinski definition) is 2. The van der Waals surface area contributed by atoms with Crippen molar-refractivity contribution in [1.29, 1.82) is 0 Å². The molecule has 1 aromatic heterocycles. The minimum absolute atomic E-state index is 0.0148. The van der Waals surface area contributed by atoms with Gasteiger partial charge in [-0.25, -0.2) is 0 Å². The fourth-order valence-corrected chi connectivity index (χ4v) is 2.98. The fraction of sp³-hybridized carbons (Fsp3) is 0.429. The van der Waals surface area contributed by atoms with E-state index in [0.29, 0.717) is 10.9 Å². The number of hydrogen-bond donors (Lipinski definition) is 1. The molecule has 0 spiro atoms. The molecule has 1 fully saturated rings. The zero-order chi connectivity index (χ0) is 11.8. The van der Waals surface area contributed by atoms with Crippen molar-refractivity contribution in [3.05, 3.63) is 35.0 Å². The van der Waals surface area contributed by atoms with Gasteiger partial charge in [-0.05, 0) is 30.9 Å². The smallest absolute Gasteiger partial charge is 0.152 e. The lowest BCUT2D eigenvalue weighted by Gasteiger charge is -2.15. The first-order chi connectivity index (χ1) is 8.25. The number of fused-ring (bicyclic) bond motifs is 1. The van der Waals surface area contributed by atoms with Gasteiger partial charge in [0.05, 0.1) is 11.1 Å². The SMILES string of the molecule is NC(c1cc2cccc(Cl)c2o1)C1CCCC1. The largest absolute Gasteiger partial charge is 0.458 e. The third kappa shape index (κ3) is 1.96. The van der Waals surface area contributed by atoms with E-state index in [1.54, 1.807) is 0 Å². The van der Waals surface area contributed by atoms with Gasteiger partial charge < -0.3 is 10.2 Å². The van der Waals surface area contributed by atoms with E-state index in [4.69, 9.17) is 21.8 Å². The van der Waals surface area contributed by atoms with Crippen LogP contribution < -0.4 is 5.73 Å². The van der Waals surface area contributed by atoms with E-state index >= 15 is 0 Å². The third-order valence-electron chi connectivity index (χ3n) is 3.75. The molecule has 2 aromatic rings. The van der Waals surface area contributed by atoms with Crippen LogP contribution >= 0.6 is 11.6 Å². The van der Waals surface area contributed by atoms with E-state index < -0.39 is 0 Å². The Hall–Kier alpha value is -0.990. The van der Waals surface area contributed by atoms with Gasteiger partial charge in [-0.2, -0.15) is 0 Å². The second kappa shape index (κ2) is 4.35. The Balaban J connectivity index is 1.97. The topological polar surface area (TPSA) is 39.2 Å². The predicted molar refractivity (Wildman–Crippen MR) is 70.1 cm³/mol. The summed E-state index contributed by atoms with van der Waals surface area (Å²) >= 11 is 6.10. The maximum Gasteiger partial charge on any atom is 0.152 e. The van der Waals surface area contributed by atoms with Gasteiger partial charge in [0, 0.05) is 5.39 Å². The first-order valence-corrected chi connectivity index (χ1v) is 6.57. The van der Waals surface area contributed by atoms with Crippen LogP contribution in [0.2, 0.25) is 5.02 Å². The van der Waals surface area contributed by atoms with Crippen LogP contribution in [0.15, 0.2) is 28.7 Å². The number of benzene rings is 1. The molecule has 17 heavy (non-hydrogen) atoms. The number of rotatable bonds is 2. The van der Waals surface area contributed by atoms with Crippen LogP contribution in [0.3, 0.4) is 0 Å². The molecule has 1 saturated carbocycles. The summed E-state index contributed by atoms with van der Waals surface area (Å²) in [5.41, 5.74) is 7.04. The summed E-state index contributed by atoms with van der Waals surface area (Å²) in [7, 11) is 0. The van der Waals surface area contributed by atoms with Crippen molar-refractivity contribution in [3.8, 4) is 0 Å². The lowest BCUT2D eigenvalue weighted by atomic mass is 9.97. The Morgan fingerprint density at radius 2 is 2.06 bits per heavy atom. The maximum atomic E-state index is 6.28. The molecule has 1 heterocycles. The lowest BCUT2D eigenvalue weighted by molar-refractivity contribution is 0.380. The minimum atomic E-state index is 0.0148. The van der Waals surface area contributed by atoms with Crippen LogP contribution in [0.1, 0.15) is 37.5 Å². The molecular weight excluding hydrogens is 234 g/mol. The maximum absolute atomic E-state index is 6.28. The summed E-state index contributed by atoms with van der Waals surface area (Å²) in [5.74, 6) is 1.44. The van der Waals surface area contributed by atoms with Crippen molar-refractivity contribution in [1.82, 2.24) is 0 Å². The number of halogens is 1. The van der Waals surface area contributed by atoms with Gasteiger partial charge in [0.15, 0.2) is 5.58 Å². The average Bonchev–Trinajstić information content (AvgIpc) is 2.98. The molecule has 2 nitrogen and oxygen atoms in total. The summed E-state index contributed by atoms with van der Waals surface area (Å²) in [6, 6.07) is 7.84. The van der Waals surface area contributed by atoms with Gasteiger partial charge in [0.25, 0.3) is 0 Å². The van der Waals surface area contributed by atoms with Gasteiger partial charge >= 0.3 is 0 Å². The third-order valence-corrected chi connectivity index (χ3v) is 4.05. The summed E-state index contributed by atoms with van der Waals surface area (Å²) in [4.78, 5) is 0. The van der Waals surface area contributed by atoms with E-state index in [9.17, 15) is 0 Å². The molecule has 0 bridgehead atoms. The van der Waals surface area contributed by atoms with E-state index in [2.05, 4.69) is 0 Å². The molecule has 1 aromatic carbocycles. The van der Waals surface area contributed by atoms with Crippen molar-refractivity contribution in [2.45, 2.75) is 31.7 Å². The summed E-state index contributed by atoms with van der Waals surface area (Å²) in [6.07, 6.45) is 5.01. The van der Waals surface area contributed by atoms with Crippen LogP contribution in [-0.4, -0.2) is 0 Å². The van der Waals surface area contributed by atoms with Gasteiger partial charge in [0.1, 0.15) is 5.76 Å². The van der Waals surface area contributed by atoms with E-state index in [1.165, 1.54) is 25.7 Å². The minimum Gasteiger partial charge on any atom is -0.458 e. The molecule has 1 unspecified atom stereocenters. The lowest BCUT2D eigenvalue weighted by Crippen LogP contribution is -2.18. The summed E-state index contributed by atoms with van der Waals surface area (Å²) < 4.78 is 5.82. The van der Waals surface area contributed by atoms with Crippen molar-refractivity contribution in [2.75, 3.05) is 0 Å². The average molecular weight is 250 g/mol. The Morgan fingerprint density at radius 1 is 1.29 bits per heavy atom. The second-order valence-electron chi connectivity index (χ2n) is 4.88. The van der Waals surface area contributed by atoms with Crippen LogP contribution in [0.5, 0.6) is 0 Å². The quantitative estimate of drug-likeness (QED) is 0.863. The Labute approximate surface area is 106 Å². The highest BCUT2D eigenvalue weighted by Crippen LogP contribution is 2.37. The fourth-order valence-electron chi connectivity index (χ4n) is 2.76. The highest BCUT2D eigenvalue weighted by Gasteiger charge is 2.25. The van der Waals surface area contributed by atoms with Crippen LogP contribution in [0.4, 0.5) is 0 Å². The van der Waals surface area contributed by atoms with Crippen LogP contribution in [0, 0.1) is 5.92 Å². The molecule has 1 aliphatic rings. The summed E-state index contributed by atoms with van der Waals surface area (Å²) in [5, 5.41) is 1.70.